The van der Waals surface area contributed by atoms with Gasteiger partial charge in [-0.05, 0) is 12.8 Å². The topological polar surface area (TPSA) is 108 Å². The van der Waals surface area contributed by atoms with Crippen LogP contribution in [0.15, 0.2) is 0 Å². The molecule has 2 unspecified atom stereocenters. The number of quaternary nitrogens is 1. The molecule has 73 heavy (non-hydrogen) atoms. The number of carbonyl (C=O) groups is 2. The first-order valence-electron chi connectivity index (χ1n) is 32.3. The first kappa shape index (κ1) is 72.0. The number of hydrogen-bond donors (Lipinski definition) is 1. The zero-order valence-corrected chi connectivity index (χ0v) is 50.6. The number of ether oxygens (including phenoxy) is 2. The van der Waals surface area contributed by atoms with E-state index in [0.717, 1.165) is 38.5 Å². The van der Waals surface area contributed by atoms with E-state index in [1.165, 1.54) is 276 Å². The molecule has 0 aromatic heterocycles. The Morgan fingerprint density at radius 1 is 0.370 bits per heavy atom. The maximum atomic E-state index is 12.8. The highest BCUT2D eigenvalue weighted by Gasteiger charge is 2.27. The van der Waals surface area contributed by atoms with Crippen molar-refractivity contribution in [2.75, 3.05) is 47.5 Å². The van der Waals surface area contributed by atoms with Crippen LogP contribution >= 0.6 is 7.82 Å². The minimum atomic E-state index is -4.38. The fourth-order valence-electron chi connectivity index (χ4n) is 9.90. The number of carbonyl (C=O) groups excluding carboxylic acids is 2. The number of phosphoric acid groups is 1. The maximum Gasteiger partial charge on any atom is 0.472 e. The molecule has 0 aliphatic rings. The summed E-state index contributed by atoms with van der Waals surface area (Å²) in [5.74, 6) is -0.771. The van der Waals surface area contributed by atoms with Crippen LogP contribution in [0.5, 0.6) is 0 Å². The van der Waals surface area contributed by atoms with E-state index >= 15 is 0 Å². The van der Waals surface area contributed by atoms with E-state index in [-0.39, 0.29) is 25.6 Å². The molecule has 0 aliphatic heterocycles. The van der Waals surface area contributed by atoms with Gasteiger partial charge in [0.25, 0.3) is 0 Å². The monoisotopic (exact) mass is 1060 g/mol. The van der Waals surface area contributed by atoms with Crippen molar-refractivity contribution in [1.82, 2.24) is 0 Å². The van der Waals surface area contributed by atoms with Crippen molar-refractivity contribution in [2.45, 2.75) is 347 Å². The molecule has 0 radical (unpaired) electrons. The summed E-state index contributed by atoms with van der Waals surface area (Å²) in [7, 11) is 1.50. The van der Waals surface area contributed by atoms with Crippen LogP contribution in [0.2, 0.25) is 0 Å². The predicted octanol–water partition coefficient (Wildman–Crippen LogP) is 20.2. The number of hydrogen-bond acceptors (Lipinski definition) is 7. The average Bonchev–Trinajstić information content (AvgIpc) is 3.35. The van der Waals surface area contributed by atoms with Gasteiger partial charge in [-0.1, -0.05) is 316 Å². The van der Waals surface area contributed by atoms with Crippen LogP contribution in [0.25, 0.3) is 0 Å². The molecular weight excluding hydrogens is 930 g/mol. The predicted molar refractivity (Wildman–Crippen MR) is 312 cm³/mol. The Morgan fingerprint density at radius 3 is 0.877 bits per heavy atom. The molecule has 0 rings (SSSR count). The number of likely N-dealkylation sites (N-methyl/N-ethyl adjacent to an activating group) is 1. The summed E-state index contributed by atoms with van der Waals surface area (Å²) in [5, 5.41) is 0. The number of phosphoric ester groups is 1. The second-order valence-electron chi connectivity index (χ2n) is 23.5. The van der Waals surface area contributed by atoms with Crippen LogP contribution < -0.4 is 0 Å². The lowest BCUT2D eigenvalue weighted by molar-refractivity contribution is -0.870. The fraction of sp³-hybridized carbons (Fsp3) is 0.968. The molecule has 1 N–H and O–H groups in total. The standard InChI is InChI=1S/C63H126NO8P/c1-6-8-10-12-14-16-18-20-22-24-26-27-28-29-30-31-32-33-34-35-36-37-38-40-42-44-46-48-50-52-54-56-63(66)72-61(60-71-73(67,68)70-58-57-64(3,4)5)59-69-62(65)55-53-51-49-47-45-43-41-39-25-23-21-19-17-15-13-11-9-7-2/h61H,6-60H2,1-5H3/p+1. The van der Waals surface area contributed by atoms with Gasteiger partial charge in [-0.15, -0.1) is 0 Å². The van der Waals surface area contributed by atoms with Gasteiger partial charge in [0.1, 0.15) is 19.8 Å². The van der Waals surface area contributed by atoms with Gasteiger partial charge in [0, 0.05) is 12.8 Å². The zero-order valence-electron chi connectivity index (χ0n) is 49.7. The van der Waals surface area contributed by atoms with Gasteiger partial charge in [0.2, 0.25) is 0 Å². The molecule has 0 saturated heterocycles. The van der Waals surface area contributed by atoms with Crippen LogP contribution in [-0.2, 0) is 32.7 Å². The third-order valence-corrected chi connectivity index (χ3v) is 15.9. The highest BCUT2D eigenvalue weighted by atomic mass is 31.2. The first-order valence-corrected chi connectivity index (χ1v) is 33.8. The largest absolute Gasteiger partial charge is 0.472 e. The Hall–Kier alpha value is -0.990. The van der Waals surface area contributed by atoms with Gasteiger partial charge in [0.05, 0.1) is 27.7 Å². The second-order valence-corrected chi connectivity index (χ2v) is 25.0. The van der Waals surface area contributed by atoms with Crippen molar-refractivity contribution >= 4 is 19.8 Å². The van der Waals surface area contributed by atoms with E-state index in [0.29, 0.717) is 17.4 Å². The highest BCUT2D eigenvalue weighted by molar-refractivity contribution is 7.47. The fourth-order valence-corrected chi connectivity index (χ4v) is 10.6. The SMILES string of the molecule is CCCCCCCCCCCCCCCCCCCCCCCCCCCCCCCCCC(=O)OC(COC(=O)CCCCCCCCCCCCCCCCCCCC)COP(=O)(O)OCC[N+](C)(C)C. The molecule has 0 aromatic rings. The van der Waals surface area contributed by atoms with E-state index in [4.69, 9.17) is 18.5 Å². The molecule has 2 atom stereocenters. The molecule has 0 spiro atoms. The highest BCUT2D eigenvalue weighted by Crippen LogP contribution is 2.43. The van der Waals surface area contributed by atoms with Gasteiger partial charge >= 0.3 is 19.8 Å². The van der Waals surface area contributed by atoms with Gasteiger partial charge < -0.3 is 18.9 Å². The normalized spacial score (nSPS) is 13.1. The van der Waals surface area contributed by atoms with Crippen LogP contribution in [0.4, 0.5) is 0 Å². The van der Waals surface area contributed by atoms with Crippen molar-refractivity contribution < 1.29 is 42.1 Å². The summed E-state index contributed by atoms with van der Waals surface area (Å²) in [6.45, 7) is 4.52. The molecule has 0 bridgehead atoms. The first-order chi connectivity index (χ1) is 35.5. The Morgan fingerprint density at radius 2 is 0.616 bits per heavy atom. The molecule has 0 heterocycles. The molecule has 10 heteroatoms. The average molecular weight is 1060 g/mol. The Bertz CT molecular complexity index is 1200. The van der Waals surface area contributed by atoms with Crippen LogP contribution in [0, 0.1) is 0 Å². The van der Waals surface area contributed by atoms with E-state index in [2.05, 4.69) is 13.8 Å². The molecule has 0 fully saturated rings. The van der Waals surface area contributed by atoms with Gasteiger partial charge in [-0.25, -0.2) is 4.57 Å². The summed E-state index contributed by atoms with van der Waals surface area (Å²) < 4.78 is 34.6. The lowest BCUT2D eigenvalue weighted by atomic mass is 10.0. The van der Waals surface area contributed by atoms with E-state index in [1.807, 2.05) is 21.1 Å². The lowest BCUT2D eigenvalue weighted by Gasteiger charge is -2.24. The van der Waals surface area contributed by atoms with Gasteiger partial charge in [-0.3, -0.25) is 18.6 Å². The van der Waals surface area contributed by atoms with Crippen molar-refractivity contribution in [2.24, 2.45) is 0 Å². The second kappa shape index (κ2) is 55.8. The number of nitrogens with zero attached hydrogens (tertiary/aromatic N) is 1. The van der Waals surface area contributed by atoms with Gasteiger partial charge in [0.15, 0.2) is 6.10 Å². The van der Waals surface area contributed by atoms with E-state index < -0.39 is 26.5 Å². The third-order valence-electron chi connectivity index (χ3n) is 14.9. The van der Waals surface area contributed by atoms with Crippen molar-refractivity contribution in [3.63, 3.8) is 0 Å². The van der Waals surface area contributed by atoms with Crippen molar-refractivity contribution in [3.8, 4) is 0 Å². The molecular formula is C63H127NO8P+. The molecule has 9 nitrogen and oxygen atoms in total. The Balaban J connectivity index is 3.98. The molecule has 0 aromatic carbocycles. The number of esters is 2. The quantitative estimate of drug-likeness (QED) is 0.0278. The summed E-state index contributed by atoms with van der Waals surface area (Å²) in [5.41, 5.74) is 0. The lowest BCUT2D eigenvalue weighted by Crippen LogP contribution is -2.37. The van der Waals surface area contributed by atoms with E-state index in [1.54, 1.807) is 0 Å². The Kier molecular flexibility index (Phi) is 55.0. The minimum absolute atomic E-state index is 0.0375. The van der Waals surface area contributed by atoms with Crippen LogP contribution in [0.3, 0.4) is 0 Å². The van der Waals surface area contributed by atoms with Gasteiger partial charge in [-0.2, -0.15) is 0 Å². The zero-order chi connectivity index (χ0) is 53.5. The molecule has 0 saturated carbocycles. The summed E-state index contributed by atoms with van der Waals surface area (Å²) >= 11 is 0. The molecule has 436 valence electrons. The number of rotatable bonds is 61. The maximum absolute atomic E-state index is 12.8. The van der Waals surface area contributed by atoms with Crippen molar-refractivity contribution in [1.29, 1.82) is 0 Å². The smallest absolute Gasteiger partial charge is 0.462 e. The summed E-state index contributed by atoms with van der Waals surface area (Å²) in [6.07, 6.45) is 64.8. The molecule has 0 aliphatic carbocycles. The van der Waals surface area contributed by atoms with Crippen molar-refractivity contribution in [3.05, 3.63) is 0 Å². The van der Waals surface area contributed by atoms with Crippen LogP contribution in [-0.4, -0.2) is 74.9 Å². The minimum Gasteiger partial charge on any atom is -0.462 e. The van der Waals surface area contributed by atoms with E-state index in [9.17, 15) is 19.0 Å². The van der Waals surface area contributed by atoms with Crippen LogP contribution in [0.1, 0.15) is 341 Å². The number of unbranched alkanes of at least 4 members (excludes halogenated alkanes) is 47. The summed E-state index contributed by atoms with van der Waals surface area (Å²) in [4.78, 5) is 35.7. The summed E-state index contributed by atoms with van der Waals surface area (Å²) in [6, 6.07) is 0. The Labute approximate surface area is 454 Å². The third kappa shape index (κ3) is 60.1. The molecule has 0 amide bonds.